The lowest BCUT2D eigenvalue weighted by Gasteiger charge is -2.36. The van der Waals surface area contributed by atoms with Crippen LogP contribution in [0.25, 0.3) is 0 Å². The summed E-state index contributed by atoms with van der Waals surface area (Å²) in [4.78, 5) is 43.9. The van der Waals surface area contributed by atoms with Crippen LogP contribution in [0.15, 0.2) is 41.2 Å². The van der Waals surface area contributed by atoms with Crippen molar-refractivity contribution in [2.24, 2.45) is 0 Å². The molecule has 6 heteroatoms. The molecule has 2 heterocycles. The summed E-state index contributed by atoms with van der Waals surface area (Å²) in [6, 6.07) is 11.6. The number of carbonyl (C=O) groups excluding carboxylic acids is 2. The minimum absolute atomic E-state index is 0.00504. The van der Waals surface area contributed by atoms with E-state index in [4.69, 9.17) is 0 Å². The Labute approximate surface area is 151 Å². The molecule has 1 aromatic heterocycles. The molecular weight excluding hydrogens is 330 g/mol. The second-order valence-electron chi connectivity index (χ2n) is 6.80. The number of hydrogen-bond donors (Lipinski definition) is 1. The average Bonchev–Trinajstić information content (AvgIpc) is 2.68. The molecule has 1 fully saturated rings. The van der Waals surface area contributed by atoms with E-state index >= 15 is 0 Å². The third-order valence-corrected chi connectivity index (χ3v) is 5.17. The molecule has 2 aromatic rings. The number of rotatable bonds is 2. The number of anilines is 1. The van der Waals surface area contributed by atoms with E-state index in [2.05, 4.69) is 22.0 Å². The van der Waals surface area contributed by atoms with Crippen LogP contribution in [-0.2, 0) is 6.42 Å². The van der Waals surface area contributed by atoms with Gasteiger partial charge in [0.25, 0.3) is 11.5 Å². The summed E-state index contributed by atoms with van der Waals surface area (Å²) in [7, 11) is 0. The lowest BCUT2D eigenvalue weighted by Crippen LogP contribution is -2.49. The summed E-state index contributed by atoms with van der Waals surface area (Å²) in [5, 5.41) is 0. The van der Waals surface area contributed by atoms with E-state index < -0.39 is 5.56 Å². The second-order valence-corrected chi connectivity index (χ2v) is 6.80. The van der Waals surface area contributed by atoms with Crippen LogP contribution >= 0.6 is 0 Å². The molecule has 0 spiro atoms. The number of carbonyl (C=O) groups is 2. The maximum atomic E-state index is 12.8. The van der Waals surface area contributed by atoms with Gasteiger partial charge in [0.1, 0.15) is 5.56 Å². The second kappa shape index (κ2) is 6.78. The van der Waals surface area contributed by atoms with Gasteiger partial charge in [-0.1, -0.05) is 18.2 Å². The topological polar surface area (TPSA) is 73.5 Å². The average molecular weight is 351 g/mol. The molecule has 4 rings (SSSR count). The van der Waals surface area contributed by atoms with Gasteiger partial charge in [-0.15, -0.1) is 0 Å². The molecule has 0 unspecified atom stereocenters. The number of nitrogens with zero attached hydrogens (tertiary/aromatic N) is 2. The molecule has 26 heavy (non-hydrogen) atoms. The van der Waals surface area contributed by atoms with Crippen LogP contribution in [0.4, 0.5) is 5.69 Å². The Kier molecular flexibility index (Phi) is 4.32. The van der Waals surface area contributed by atoms with Crippen LogP contribution in [0, 0.1) is 0 Å². The number of para-hydroxylation sites is 1. The molecule has 134 valence electrons. The number of benzene rings is 1. The van der Waals surface area contributed by atoms with Gasteiger partial charge in [-0.3, -0.25) is 14.4 Å². The Morgan fingerprint density at radius 1 is 0.962 bits per heavy atom. The summed E-state index contributed by atoms with van der Waals surface area (Å²) < 4.78 is 0. The molecule has 0 saturated carbocycles. The molecule has 1 amide bonds. The Bertz CT molecular complexity index is 896. The predicted molar refractivity (Wildman–Crippen MR) is 98.9 cm³/mol. The first-order valence-corrected chi connectivity index (χ1v) is 9.02. The maximum absolute atomic E-state index is 12.8. The van der Waals surface area contributed by atoms with Crippen LogP contribution in [0.3, 0.4) is 0 Å². The number of hydrogen-bond acceptors (Lipinski definition) is 4. The van der Waals surface area contributed by atoms with Gasteiger partial charge in [-0.2, -0.15) is 0 Å². The van der Waals surface area contributed by atoms with Gasteiger partial charge in [-0.25, -0.2) is 0 Å². The van der Waals surface area contributed by atoms with Crippen molar-refractivity contribution in [1.29, 1.82) is 0 Å². The number of ketones is 1. The number of aryl methyl sites for hydroxylation is 1. The van der Waals surface area contributed by atoms with Crippen molar-refractivity contribution in [3.63, 3.8) is 0 Å². The number of aromatic amines is 1. The first kappa shape index (κ1) is 16.6. The Balaban J connectivity index is 1.51. The van der Waals surface area contributed by atoms with Crippen molar-refractivity contribution in [3.05, 3.63) is 63.6 Å². The number of pyridine rings is 1. The molecule has 0 atom stereocenters. The van der Waals surface area contributed by atoms with Crippen molar-refractivity contribution in [1.82, 2.24) is 9.88 Å². The molecule has 1 aliphatic carbocycles. The van der Waals surface area contributed by atoms with Gasteiger partial charge in [0.2, 0.25) is 0 Å². The maximum Gasteiger partial charge on any atom is 0.261 e. The fraction of sp³-hybridized carbons (Fsp3) is 0.350. The summed E-state index contributed by atoms with van der Waals surface area (Å²) in [5.41, 5.74) is 1.98. The molecule has 1 N–H and O–H groups in total. The molecule has 1 saturated heterocycles. The first-order chi connectivity index (χ1) is 12.6. The fourth-order valence-electron chi connectivity index (χ4n) is 3.71. The van der Waals surface area contributed by atoms with Gasteiger partial charge >= 0.3 is 0 Å². The molecule has 1 aromatic carbocycles. The third-order valence-electron chi connectivity index (χ3n) is 5.17. The lowest BCUT2D eigenvalue weighted by atomic mass is 9.93. The Morgan fingerprint density at radius 3 is 2.42 bits per heavy atom. The van der Waals surface area contributed by atoms with E-state index in [1.165, 1.54) is 6.07 Å². The van der Waals surface area contributed by atoms with Crippen molar-refractivity contribution in [3.8, 4) is 0 Å². The normalized spacial score (nSPS) is 17.2. The lowest BCUT2D eigenvalue weighted by molar-refractivity contribution is 0.0745. The molecular formula is C20H21N3O3. The quantitative estimate of drug-likeness (QED) is 0.896. The van der Waals surface area contributed by atoms with Gasteiger partial charge in [0.05, 0.1) is 0 Å². The third kappa shape index (κ3) is 3.03. The highest BCUT2D eigenvalue weighted by molar-refractivity contribution is 6.01. The minimum atomic E-state index is -0.395. The smallest absolute Gasteiger partial charge is 0.261 e. The Hall–Kier alpha value is -2.89. The summed E-state index contributed by atoms with van der Waals surface area (Å²) in [5.74, 6) is -0.286. The Morgan fingerprint density at radius 2 is 1.69 bits per heavy atom. The first-order valence-electron chi connectivity index (χ1n) is 9.02. The number of Topliss-reactive ketones (excluding diaryl/α,β-unsaturated/α-hetero) is 1. The number of fused-ring (bicyclic) bond motifs is 1. The standard InChI is InChI=1S/C20H21N3O3/c24-18-8-4-7-17-15(18)13-16(19(25)21-17)20(26)23-11-9-22(10-12-23)14-5-2-1-3-6-14/h1-3,5-6,13H,4,7-12H2,(H,21,25). The van der Waals surface area contributed by atoms with Crippen molar-refractivity contribution >= 4 is 17.4 Å². The van der Waals surface area contributed by atoms with Gasteiger partial charge in [0.15, 0.2) is 5.78 Å². The van der Waals surface area contributed by atoms with Crippen molar-refractivity contribution in [2.45, 2.75) is 19.3 Å². The molecule has 6 nitrogen and oxygen atoms in total. The number of nitrogens with one attached hydrogen (secondary N) is 1. The zero-order chi connectivity index (χ0) is 18.1. The monoisotopic (exact) mass is 351 g/mol. The van der Waals surface area contributed by atoms with E-state index in [0.29, 0.717) is 37.2 Å². The van der Waals surface area contributed by atoms with Crippen molar-refractivity contribution in [2.75, 3.05) is 31.1 Å². The number of amides is 1. The highest BCUT2D eigenvalue weighted by atomic mass is 16.2. The molecule has 1 aliphatic heterocycles. The number of aromatic nitrogens is 1. The van der Waals surface area contributed by atoms with Gasteiger partial charge in [0, 0.05) is 49.5 Å². The minimum Gasteiger partial charge on any atom is -0.368 e. The fourth-order valence-corrected chi connectivity index (χ4v) is 3.71. The largest absolute Gasteiger partial charge is 0.368 e. The highest BCUT2D eigenvalue weighted by Crippen LogP contribution is 2.20. The van der Waals surface area contributed by atoms with E-state index in [-0.39, 0.29) is 17.3 Å². The van der Waals surface area contributed by atoms with Crippen LogP contribution in [0.5, 0.6) is 0 Å². The van der Waals surface area contributed by atoms with Crippen molar-refractivity contribution < 1.29 is 9.59 Å². The van der Waals surface area contributed by atoms with E-state index in [0.717, 1.165) is 25.2 Å². The van der Waals surface area contributed by atoms with Crippen LogP contribution in [-0.4, -0.2) is 47.8 Å². The summed E-state index contributed by atoms with van der Waals surface area (Å²) in [6.07, 6.45) is 1.90. The predicted octanol–water partition coefficient (Wildman–Crippen LogP) is 1.86. The van der Waals surface area contributed by atoms with Crippen LogP contribution in [0.2, 0.25) is 0 Å². The molecule has 0 bridgehead atoms. The molecule has 0 radical (unpaired) electrons. The number of piperazine rings is 1. The van der Waals surface area contributed by atoms with Crippen LogP contribution < -0.4 is 10.5 Å². The van der Waals surface area contributed by atoms with Crippen LogP contribution in [0.1, 0.15) is 39.3 Å². The zero-order valence-corrected chi connectivity index (χ0v) is 14.5. The zero-order valence-electron chi connectivity index (χ0n) is 14.5. The number of H-pyrrole nitrogens is 1. The van der Waals surface area contributed by atoms with E-state index in [9.17, 15) is 14.4 Å². The molecule has 2 aliphatic rings. The summed E-state index contributed by atoms with van der Waals surface area (Å²) >= 11 is 0. The van der Waals surface area contributed by atoms with Gasteiger partial charge < -0.3 is 14.8 Å². The van der Waals surface area contributed by atoms with E-state index in [1.54, 1.807) is 4.90 Å². The van der Waals surface area contributed by atoms with E-state index in [1.807, 2.05) is 18.2 Å². The summed E-state index contributed by atoms with van der Waals surface area (Å²) in [6.45, 7) is 2.55. The van der Waals surface area contributed by atoms with Gasteiger partial charge in [-0.05, 0) is 31.0 Å². The highest BCUT2D eigenvalue weighted by Gasteiger charge is 2.27. The SMILES string of the molecule is O=C1CCCc2[nH]c(=O)c(C(=O)N3CCN(c4ccccc4)CC3)cc21.